The first-order valence-electron chi connectivity index (χ1n) is 5.70. The second-order valence-electron chi connectivity index (χ2n) is 3.84. The van der Waals surface area contributed by atoms with E-state index >= 15 is 0 Å². The van der Waals surface area contributed by atoms with Crippen LogP contribution in [-0.2, 0) is 9.47 Å². The highest BCUT2D eigenvalue weighted by Gasteiger charge is 2.41. The minimum absolute atomic E-state index is 0.0818. The number of rotatable bonds is 7. The molecule has 0 amide bonds. The third-order valence-electron chi connectivity index (χ3n) is 2.66. The van der Waals surface area contributed by atoms with Crippen molar-refractivity contribution in [2.75, 3.05) is 13.2 Å². The molecule has 3 heteroatoms. The Morgan fingerprint density at radius 2 is 2.00 bits per heavy atom. The second kappa shape index (κ2) is 6.38. The van der Waals surface area contributed by atoms with Gasteiger partial charge in [-0.25, -0.2) is 0 Å². The molecule has 14 heavy (non-hydrogen) atoms. The van der Waals surface area contributed by atoms with Crippen molar-refractivity contribution in [3.05, 3.63) is 0 Å². The van der Waals surface area contributed by atoms with Crippen LogP contribution in [0.4, 0.5) is 0 Å². The third kappa shape index (κ3) is 3.23. The maximum Gasteiger partial charge on any atom is 0.110 e. The fourth-order valence-corrected chi connectivity index (χ4v) is 1.72. The van der Waals surface area contributed by atoms with Gasteiger partial charge in [-0.3, -0.25) is 0 Å². The lowest BCUT2D eigenvalue weighted by Gasteiger charge is -2.40. The van der Waals surface area contributed by atoms with E-state index in [-0.39, 0.29) is 18.3 Å². The maximum absolute atomic E-state index is 9.41. The molecule has 0 bridgehead atoms. The average Bonchev–Trinajstić information content (AvgIpc) is 2.19. The predicted molar refractivity (Wildman–Crippen MR) is 55.3 cm³/mol. The standard InChI is InChI=1S/C11H22O3/c1-3-5-6-7-14-10-8-9(12)11(10)13-4-2/h9-12H,3-8H2,1-2H3. The van der Waals surface area contributed by atoms with Crippen molar-refractivity contribution in [3.63, 3.8) is 0 Å². The lowest BCUT2D eigenvalue weighted by Crippen LogP contribution is -2.53. The fraction of sp³-hybridized carbons (Fsp3) is 1.00. The van der Waals surface area contributed by atoms with Crippen LogP contribution >= 0.6 is 0 Å². The van der Waals surface area contributed by atoms with Crippen LogP contribution in [0.25, 0.3) is 0 Å². The van der Waals surface area contributed by atoms with Crippen molar-refractivity contribution in [1.82, 2.24) is 0 Å². The number of hydrogen-bond donors (Lipinski definition) is 1. The summed E-state index contributed by atoms with van der Waals surface area (Å²) >= 11 is 0. The first kappa shape index (κ1) is 12.0. The molecule has 1 N–H and O–H groups in total. The third-order valence-corrected chi connectivity index (χ3v) is 2.66. The SMILES string of the molecule is CCCCCOC1CC(O)C1OCC. The number of aliphatic hydroxyl groups excluding tert-OH is 1. The Hall–Kier alpha value is -0.120. The summed E-state index contributed by atoms with van der Waals surface area (Å²) in [6, 6.07) is 0. The van der Waals surface area contributed by atoms with Gasteiger partial charge >= 0.3 is 0 Å². The number of aliphatic hydroxyl groups is 1. The Labute approximate surface area is 86.4 Å². The molecule has 3 nitrogen and oxygen atoms in total. The van der Waals surface area contributed by atoms with Gasteiger partial charge in [0.05, 0.1) is 12.2 Å². The van der Waals surface area contributed by atoms with Crippen molar-refractivity contribution in [2.45, 2.75) is 57.8 Å². The van der Waals surface area contributed by atoms with E-state index in [9.17, 15) is 5.11 Å². The van der Waals surface area contributed by atoms with Crippen molar-refractivity contribution >= 4 is 0 Å². The van der Waals surface area contributed by atoms with Crippen molar-refractivity contribution in [2.24, 2.45) is 0 Å². The maximum atomic E-state index is 9.41. The first-order valence-corrected chi connectivity index (χ1v) is 5.70. The minimum atomic E-state index is -0.314. The van der Waals surface area contributed by atoms with E-state index in [4.69, 9.17) is 9.47 Å². The van der Waals surface area contributed by atoms with Gasteiger partial charge in [-0.1, -0.05) is 19.8 Å². The topological polar surface area (TPSA) is 38.7 Å². The zero-order valence-electron chi connectivity index (χ0n) is 9.24. The minimum Gasteiger partial charge on any atom is -0.390 e. The van der Waals surface area contributed by atoms with Crippen molar-refractivity contribution in [3.8, 4) is 0 Å². The Morgan fingerprint density at radius 1 is 1.21 bits per heavy atom. The molecule has 84 valence electrons. The van der Waals surface area contributed by atoms with E-state index in [2.05, 4.69) is 6.92 Å². The van der Waals surface area contributed by atoms with Gasteiger partial charge < -0.3 is 14.6 Å². The lowest BCUT2D eigenvalue weighted by molar-refractivity contribution is -0.190. The summed E-state index contributed by atoms with van der Waals surface area (Å²) in [4.78, 5) is 0. The van der Waals surface area contributed by atoms with Crippen LogP contribution in [0, 0.1) is 0 Å². The molecule has 0 aromatic rings. The molecule has 1 aliphatic rings. The second-order valence-corrected chi connectivity index (χ2v) is 3.84. The molecule has 1 saturated carbocycles. The van der Waals surface area contributed by atoms with Gasteiger partial charge in [0.25, 0.3) is 0 Å². The molecule has 0 aromatic carbocycles. The van der Waals surface area contributed by atoms with E-state index in [0.29, 0.717) is 6.61 Å². The van der Waals surface area contributed by atoms with Gasteiger partial charge in [0.15, 0.2) is 0 Å². The Balaban J connectivity index is 2.06. The lowest BCUT2D eigenvalue weighted by atomic mass is 9.88. The van der Waals surface area contributed by atoms with Crippen molar-refractivity contribution < 1.29 is 14.6 Å². The smallest absolute Gasteiger partial charge is 0.110 e. The molecule has 0 radical (unpaired) electrons. The van der Waals surface area contributed by atoms with E-state index in [1.807, 2.05) is 6.92 Å². The van der Waals surface area contributed by atoms with Gasteiger partial charge in [0.1, 0.15) is 6.10 Å². The molecule has 0 saturated heterocycles. The average molecular weight is 202 g/mol. The summed E-state index contributed by atoms with van der Waals surface area (Å²) in [5, 5.41) is 9.41. The van der Waals surface area contributed by atoms with E-state index < -0.39 is 0 Å². The van der Waals surface area contributed by atoms with E-state index in [0.717, 1.165) is 19.4 Å². The molecular weight excluding hydrogens is 180 g/mol. The van der Waals surface area contributed by atoms with Crippen molar-refractivity contribution in [1.29, 1.82) is 0 Å². The van der Waals surface area contributed by atoms with Crippen LogP contribution in [-0.4, -0.2) is 36.6 Å². The molecule has 0 aromatic heterocycles. The molecular formula is C11H22O3. The highest BCUT2D eigenvalue weighted by molar-refractivity contribution is 4.91. The molecule has 0 heterocycles. The summed E-state index contributed by atoms with van der Waals surface area (Å²) in [6.07, 6.45) is 4.01. The first-order chi connectivity index (χ1) is 6.79. The molecule has 3 atom stereocenters. The van der Waals surface area contributed by atoms with Crippen LogP contribution in [0.15, 0.2) is 0 Å². The fourth-order valence-electron chi connectivity index (χ4n) is 1.72. The Morgan fingerprint density at radius 3 is 2.57 bits per heavy atom. The summed E-state index contributed by atoms with van der Waals surface area (Å²) in [6.45, 7) is 5.57. The van der Waals surface area contributed by atoms with E-state index in [1.165, 1.54) is 12.8 Å². The van der Waals surface area contributed by atoms with Gasteiger partial charge in [-0.05, 0) is 13.3 Å². The largest absolute Gasteiger partial charge is 0.390 e. The molecule has 0 spiro atoms. The zero-order chi connectivity index (χ0) is 10.4. The summed E-state index contributed by atoms with van der Waals surface area (Å²) in [7, 11) is 0. The van der Waals surface area contributed by atoms with E-state index in [1.54, 1.807) is 0 Å². The van der Waals surface area contributed by atoms with Crippen LogP contribution in [0.1, 0.15) is 39.5 Å². The van der Waals surface area contributed by atoms with Gasteiger partial charge in [0.2, 0.25) is 0 Å². The van der Waals surface area contributed by atoms with Crippen LogP contribution in [0.5, 0.6) is 0 Å². The number of ether oxygens (including phenoxy) is 2. The van der Waals surface area contributed by atoms with Gasteiger partial charge in [-0.15, -0.1) is 0 Å². The highest BCUT2D eigenvalue weighted by Crippen LogP contribution is 2.27. The molecule has 1 fully saturated rings. The molecule has 1 rings (SSSR count). The number of hydrogen-bond acceptors (Lipinski definition) is 3. The summed E-state index contributed by atoms with van der Waals surface area (Å²) in [5.74, 6) is 0. The quantitative estimate of drug-likeness (QED) is 0.639. The van der Waals surface area contributed by atoms with Crippen LogP contribution in [0.2, 0.25) is 0 Å². The zero-order valence-corrected chi connectivity index (χ0v) is 9.24. The highest BCUT2D eigenvalue weighted by atomic mass is 16.6. The number of unbranched alkanes of at least 4 members (excludes halogenated alkanes) is 2. The van der Waals surface area contributed by atoms with Gasteiger partial charge in [-0.2, -0.15) is 0 Å². The summed E-state index contributed by atoms with van der Waals surface area (Å²) < 4.78 is 11.0. The monoisotopic (exact) mass is 202 g/mol. The molecule has 1 aliphatic carbocycles. The predicted octanol–water partition coefficient (Wildman–Crippen LogP) is 1.73. The summed E-state index contributed by atoms with van der Waals surface area (Å²) in [5.41, 5.74) is 0. The van der Waals surface area contributed by atoms with Crippen LogP contribution < -0.4 is 0 Å². The Bertz CT molecular complexity index is 149. The normalized spacial score (nSPS) is 31.5. The molecule has 0 aliphatic heterocycles. The molecule has 3 unspecified atom stereocenters. The van der Waals surface area contributed by atoms with Crippen LogP contribution in [0.3, 0.4) is 0 Å². The van der Waals surface area contributed by atoms with Gasteiger partial charge in [0, 0.05) is 19.6 Å². The Kier molecular flexibility index (Phi) is 5.45.